The van der Waals surface area contributed by atoms with Gasteiger partial charge in [-0.05, 0) is 39.2 Å². The molecule has 3 heterocycles. The highest BCUT2D eigenvalue weighted by Crippen LogP contribution is 2.23. The molecule has 1 saturated heterocycles. The number of rotatable bonds is 3. The number of imidazole rings is 1. The summed E-state index contributed by atoms with van der Waals surface area (Å²) >= 11 is 0. The van der Waals surface area contributed by atoms with Gasteiger partial charge in [0.25, 0.3) is 0 Å². The molecule has 0 radical (unpaired) electrons. The topological polar surface area (TPSA) is 33.1 Å². The van der Waals surface area contributed by atoms with E-state index in [4.69, 9.17) is 4.98 Å². The summed E-state index contributed by atoms with van der Waals surface area (Å²) in [6.45, 7) is 9.19. The predicted octanol–water partition coefficient (Wildman–Crippen LogP) is 1.73. The summed E-state index contributed by atoms with van der Waals surface area (Å²) in [5.41, 5.74) is 2.74. The van der Waals surface area contributed by atoms with Crippen LogP contribution < -0.4 is 5.32 Å². The molecule has 0 saturated carbocycles. The second-order valence-corrected chi connectivity index (χ2v) is 6.71. The molecule has 0 aliphatic carbocycles. The van der Waals surface area contributed by atoms with Gasteiger partial charge in [0.05, 0.1) is 5.69 Å². The maximum Gasteiger partial charge on any atom is 0.109 e. The van der Waals surface area contributed by atoms with Crippen LogP contribution in [0, 0.1) is 5.92 Å². The Morgan fingerprint density at radius 2 is 2.25 bits per heavy atom. The lowest BCUT2D eigenvalue weighted by Crippen LogP contribution is -2.40. The number of hydrogen-bond acceptors (Lipinski definition) is 3. The molecule has 0 spiro atoms. The first-order valence-electron chi connectivity index (χ1n) is 8.13. The minimum atomic E-state index is 0.677. The van der Waals surface area contributed by atoms with E-state index in [1.165, 1.54) is 43.1 Å². The SMILES string of the molecule is CC(C)N1CCCC(Cc2nc3c(n2C)CCNC3)C1. The highest BCUT2D eigenvalue weighted by molar-refractivity contribution is 5.20. The van der Waals surface area contributed by atoms with Crippen LogP contribution >= 0.6 is 0 Å². The first-order chi connectivity index (χ1) is 9.65. The first kappa shape index (κ1) is 14.1. The smallest absolute Gasteiger partial charge is 0.109 e. The van der Waals surface area contributed by atoms with Crippen LogP contribution in [0.4, 0.5) is 0 Å². The fourth-order valence-electron chi connectivity index (χ4n) is 3.69. The van der Waals surface area contributed by atoms with Crippen molar-refractivity contribution >= 4 is 0 Å². The van der Waals surface area contributed by atoms with Gasteiger partial charge in [0.2, 0.25) is 0 Å². The van der Waals surface area contributed by atoms with Gasteiger partial charge in [0.15, 0.2) is 0 Å². The monoisotopic (exact) mass is 276 g/mol. The van der Waals surface area contributed by atoms with Crippen molar-refractivity contribution in [2.24, 2.45) is 13.0 Å². The molecular formula is C16H28N4. The summed E-state index contributed by atoms with van der Waals surface area (Å²) < 4.78 is 2.37. The van der Waals surface area contributed by atoms with Crippen LogP contribution in [0.1, 0.15) is 43.9 Å². The molecule has 0 aromatic carbocycles. The summed E-state index contributed by atoms with van der Waals surface area (Å²) in [7, 11) is 2.20. The Kier molecular flexibility index (Phi) is 4.13. The zero-order valence-electron chi connectivity index (χ0n) is 13.2. The Labute approximate surface area is 122 Å². The molecule has 1 N–H and O–H groups in total. The van der Waals surface area contributed by atoms with Crippen LogP contribution in [-0.4, -0.2) is 40.1 Å². The van der Waals surface area contributed by atoms with Gasteiger partial charge in [-0.3, -0.25) is 0 Å². The third-order valence-corrected chi connectivity index (χ3v) is 4.97. The highest BCUT2D eigenvalue weighted by atomic mass is 15.2. The molecule has 3 rings (SSSR count). The second kappa shape index (κ2) is 5.86. The normalized spacial score (nSPS) is 24.1. The van der Waals surface area contributed by atoms with Gasteiger partial charge in [-0.25, -0.2) is 4.98 Å². The Balaban J connectivity index is 1.70. The van der Waals surface area contributed by atoms with Crippen molar-refractivity contribution < 1.29 is 0 Å². The number of hydrogen-bond donors (Lipinski definition) is 1. The van der Waals surface area contributed by atoms with Gasteiger partial charge in [0, 0.05) is 51.3 Å². The molecule has 20 heavy (non-hydrogen) atoms. The van der Waals surface area contributed by atoms with Gasteiger partial charge in [-0.1, -0.05) is 0 Å². The van der Waals surface area contributed by atoms with E-state index in [9.17, 15) is 0 Å². The molecular weight excluding hydrogens is 248 g/mol. The average Bonchev–Trinajstić information content (AvgIpc) is 2.76. The van der Waals surface area contributed by atoms with Crippen LogP contribution in [0.5, 0.6) is 0 Å². The molecule has 4 nitrogen and oxygen atoms in total. The third-order valence-electron chi connectivity index (χ3n) is 4.97. The van der Waals surface area contributed by atoms with Crippen molar-refractivity contribution in [3.63, 3.8) is 0 Å². The van der Waals surface area contributed by atoms with Crippen molar-refractivity contribution in [1.29, 1.82) is 0 Å². The summed E-state index contributed by atoms with van der Waals surface area (Å²) in [5.74, 6) is 2.08. The second-order valence-electron chi connectivity index (χ2n) is 6.71. The van der Waals surface area contributed by atoms with Crippen molar-refractivity contribution in [3.8, 4) is 0 Å². The predicted molar refractivity (Wildman–Crippen MR) is 81.8 cm³/mol. The molecule has 4 heteroatoms. The maximum absolute atomic E-state index is 4.90. The minimum Gasteiger partial charge on any atom is -0.335 e. The molecule has 1 aromatic heterocycles. The highest BCUT2D eigenvalue weighted by Gasteiger charge is 2.25. The fraction of sp³-hybridized carbons (Fsp3) is 0.812. The molecule has 1 aromatic rings. The zero-order chi connectivity index (χ0) is 14.1. The largest absolute Gasteiger partial charge is 0.335 e. The molecule has 1 atom stereocenters. The van der Waals surface area contributed by atoms with E-state index < -0.39 is 0 Å². The van der Waals surface area contributed by atoms with Gasteiger partial charge in [-0.15, -0.1) is 0 Å². The first-order valence-corrected chi connectivity index (χ1v) is 8.13. The van der Waals surface area contributed by atoms with Crippen LogP contribution in [0.15, 0.2) is 0 Å². The lowest BCUT2D eigenvalue weighted by Gasteiger charge is -2.35. The molecule has 0 amide bonds. The van der Waals surface area contributed by atoms with Gasteiger partial charge >= 0.3 is 0 Å². The van der Waals surface area contributed by atoms with Crippen molar-refractivity contribution in [3.05, 3.63) is 17.2 Å². The number of aromatic nitrogens is 2. The van der Waals surface area contributed by atoms with E-state index in [0.717, 1.165) is 31.8 Å². The molecule has 1 unspecified atom stereocenters. The molecule has 2 aliphatic heterocycles. The van der Waals surface area contributed by atoms with Crippen LogP contribution in [-0.2, 0) is 26.4 Å². The molecule has 2 aliphatic rings. The average molecular weight is 276 g/mol. The van der Waals surface area contributed by atoms with Crippen LogP contribution in [0.25, 0.3) is 0 Å². The summed E-state index contributed by atoms with van der Waals surface area (Å²) in [6, 6.07) is 0.677. The van der Waals surface area contributed by atoms with Crippen LogP contribution in [0.2, 0.25) is 0 Å². The van der Waals surface area contributed by atoms with Gasteiger partial charge in [0.1, 0.15) is 5.82 Å². The third kappa shape index (κ3) is 2.77. The van der Waals surface area contributed by atoms with Crippen LogP contribution in [0.3, 0.4) is 0 Å². The fourth-order valence-corrected chi connectivity index (χ4v) is 3.69. The van der Waals surface area contributed by atoms with Crippen molar-refractivity contribution in [1.82, 2.24) is 19.8 Å². The number of nitrogens with one attached hydrogen (secondary N) is 1. The number of fused-ring (bicyclic) bond motifs is 1. The Morgan fingerprint density at radius 3 is 3.00 bits per heavy atom. The quantitative estimate of drug-likeness (QED) is 0.913. The summed E-state index contributed by atoms with van der Waals surface area (Å²) in [6.07, 6.45) is 4.97. The van der Waals surface area contributed by atoms with E-state index >= 15 is 0 Å². The molecule has 112 valence electrons. The standard InChI is InChI=1S/C16H28N4/c1-12(2)20-8-4-5-13(11-20)9-16-18-14-10-17-7-6-15(14)19(16)3/h12-13,17H,4-11H2,1-3H3. The van der Waals surface area contributed by atoms with Gasteiger partial charge < -0.3 is 14.8 Å². The lowest BCUT2D eigenvalue weighted by molar-refractivity contribution is 0.138. The Bertz CT molecular complexity index is 463. The minimum absolute atomic E-state index is 0.677. The van der Waals surface area contributed by atoms with E-state index in [0.29, 0.717) is 6.04 Å². The number of likely N-dealkylation sites (tertiary alicyclic amines) is 1. The lowest BCUT2D eigenvalue weighted by atomic mass is 9.93. The van der Waals surface area contributed by atoms with Crippen molar-refractivity contribution in [2.75, 3.05) is 19.6 Å². The maximum atomic E-state index is 4.90. The number of nitrogens with zero attached hydrogens (tertiary/aromatic N) is 3. The zero-order valence-corrected chi connectivity index (χ0v) is 13.2. The molecule has 1 fully saturated rings. The van der Waals surface area contributed by atoms with Gasteiger partial charge in [-0.2, -0.15) is 0 Å². The van der Waals surface area contributed by atoms with Crippen molar-refractivity contribution in [2.45, 2.75) is 52.1 Å². The summed E-state index contributed by atoms with van der Waals surface area (Å²) in [4.78, 5) is 7.52. The van der Waals surface area contributed by atoms with E-state index in [1.54, 1.807) is 0 Å². The Hall–Kier alpha value is -0.870. The molecule has 0 bridgehead atoms. The van der Waals surface area contributed by atoms with E-state index in [-0.39, 0.29) is 0 Å². The van der Waals surface area contributed by atoms with E-state index in [2.05, 4.69) is 35.7 Å². The number of piperidine rings is 1. The summed E-state index contributed by atoms with van der Waals surface area (Å²) in [5, 5.41) is 3.42. The Morgan fingerprint density at radius 1 is 1.40 bits per heavy atom. The van der Waals surface area contributed by atoms with E-state index in [1.807, 2.05) is 0 Å².